The number of nitrogens with zero attached hydrogens (tertiary/aromatic N) is 2. The van der Waals surface area contributed by atoms with Crippen LogP contribution in [0.4, 0.5) is 0 Å². The first-order valence-electron chi connectivity index (χ1n) is 15.3. The topological polar surface area (TPSA) is 144 Å². The van der Waals surface area contributed by atoms with Crippen molar-refractivity contribution >= 4 is 27.6 Å². The number of sulfone groups is 1. The van der Waals surface area contributed by atoms with E-state index < -0.39 is 27.9 Å². The smallest absolute Gasteiger partial charge is 0.258 e. The predicted molar refractivity (Wildman–Crippen MR) is 173 cm³/mol. The van der Waals surface area contributed by atoms with Crippen molar-refractivity contribution in [2.75, 3.05) is 25.4 Å². The quantitative estimate of drug-likeness (QED) is 0.341. The van der Waals surface area contributed by atoms with E-state index in [0.29, 0.717) is 42.1 Å². The average Bonchev–Trinajstić information content (AvgIpc) is 3.10. The van der Waals surface area contributed by atoms with E-state index in [2.05, 4.69) is 15.6 Å². The van der Waals surface area contributed by atoms with E-state index in [1.807, 2.05) is 18.2 Å². The summed E-state index contributed by atoms with van der Waals surface area (Å²) in [6, 6.07) is 23.6. The molecule has 6 bridgehead atoms. The lowest BCUT2D eigenvalue weighted by molar-refractivity contribution is -0.133. The van der Waals surface area contributed by atoms with E-state index in [9.17, 15) is 22.8 Å². The Morgan fingerprint density at radius 2 is 1.68 bits per heavy atom. The minimum Gasteiger partial charge on any atom is -0.488 e. The lowest BCUT2D eigenvalue weighted by atomic mass is 10.00. The maximum Gasteiger partial charge on any atom is 0.258 e. The number of carbonyl (C=O) groups is 3. The summed E-state index contributed by atoms with van der Waals surface area (Å²) in [6.45, 7) is 0.620. The fourth-order valence-corrected chi connectivity index (χ4v) is 6.81. The molecule has 4 heterocycles. The number of piperidine rings is 1. The molecule has 0 unspecified atom stereocenters. The van der Waals surface area contributed by atoms with Crippen molar-refractivity contribution in [3.8, 4) is 22.6 Å². The first-order valence-corrected chi connectivity index (χ1v) is 17.0. The molecule has 3 amide bonds. The third-order valence-corrected chi connectivity index (χ3v) is 9.88. The number of ether oxygens (including phenoxy) is 2. The molecule has 3 aliphatic heterocycles. The summed E-state index contributed by atoms with van der Waals surface area (Å²) in [6.07, 6.45) is 2.84. The monoisotopic (exact) mass is 654 g/mol. The molecule has 2 atom stereocenters. The molecule has 2 N–H and O–H groups in total. The molecule has 1 aromatic heterocycles. The van der Waals surface area contributed by atoms with Gasteiger partial charge in [-0.3, -0.25) is 19.4 Å². The number of hydrogen-bond acceptors (Lipinski definition) is 8. The summed E-state index contributed by atoms with van der Waals surface area (Å²) in [4.78, 5) is 45.4. The van der Waals surface area contributed by atoms with Crippen molar-refractivity contribution in [2.45, 2.75) is 36.4 Å². The zero-order valence-corrected chi connectivity index (χ0v) is 26.3. The molecule has 12 heteroatoms. The molecule has 242 valence electrons. The number of carbonyl (C=O) groups excluding carboxylic acids is 3. The maximum absolute atomic E-state index is 13.6. The first kappa shape index (κ1) is 31.7. The zero-order valence-electron chi connectivity index (χ0n) is 25.5. The van der Waals surface area contributed by atoms with Gasteiger partial charge in [0.15, 0.2) is 16.4 Å². The SMILES string of the molecule is O=C1COc2cccc(c2)-c2cncc(c2)C(=O)N[C@@H]2CN(C(=O)CCS(=O)(=O)c3ccccc3)CC[C@@H]2Oc2ccc(cc2)CN1. The molecule has 47 heavy (non-hydrogen) atoms. The first-order chi connectivity index (χ1) is 22.7. The van der Waals surface area contributed by atoms with Crippen LogP contribution in [0.15, 0.2) is 102 Å². The molecule has 0 radical (unpaired) electrons. The van der Waals surface area contributed by atoms with Gasteiger partial charge in [0.25, 0.3) is 11.8 Å². The van der Waals surface area contributed by atoms with Gasteiger partial charge in [-0.15, -0.1) is 0 Å². The molecule has 0 spiro atoms. The molecule has 3 aromatic carbocycles. The lowest BCUT2D eigenvalue weighted by Crippen LogP contribution is -2.58. The van der Waals surface area contributed by atoms with E-state index in [-0.39, 0.29) is 42.0 Å². The standard InChI is InChI=1S/C35H34N4O7S/c40-33-23-45-29-6-4-5-25(18-29)26-17-27(21-36-20-26)35(42)38-31-22-39(34(41)14-16-47(43,44)30-7-2-1-3-8-30)15-13-32(31)46-28-11-9-24(10-12-28)19-37-33/h1-12,17-18,20-21,31-32H,13-16,19,22-23H2,(H,37,40)(H,38,42)/t31-,32+/m1/s1. The van der Waals surface area contributed by atoms with Crippen LogP contribution < -0.4 is 20.1 Å². The van der Waals surface area contributed by atoms with Crippen molar-refractivity contribution in [2.24, 2.45) is 0 Å². The second-order valence-corrected chi connectivity index (χ2v) is 13.6. The van der Waals surface area contributed by atoms with E-state index in [4.69, 9.17) is 9.47 Å². The Kier molecular flexibility index (Phi) is 9.48. The Morgan fingerprint density at radius 3 is 2.49 bits per heavy atom. The number of pyridine rings is 1. The van der Waals surface area contributed by atoms with Crippen LogP contribution in [-0.4, -0.2) is 73.6 Å². The van der Waals surface area contributed by atoms with Crippen LogP contribution in [-0.2, 0) is 26.0 Å². The van der Waals surface area contributed by atoms with Gasteiger partial charge in [0.2, 0.25) is 5.91 Å². The predicted octanol–water partition coefficient (Wildman–Crippen LogP) is 3.40. The van der Waals surface area contributed by atoms with Crippen molar-refractivity contribution in [3.63, 3.8) is 0 Å². The number of benzene rings is 3. The van der Waals surface area contributed by atoms with E-state index in [1.54, 1.807) is 65.7 Å². The minimum atomic E-state index is -3.63. The van der Waals surface area contributed by atoms with Crippen LogP contribution >= 0.6 is 0 Å². The van der Waals surface area contributed by atoms with Crippen LogP contribution in [0.1, 0.15) is 28.8 Å². The van der Waals surface area contributed by atoms with Crippen LogP contribution in [0.2, 0.25) is 0 Å². The zero-order chi connectivity index (χ0) is 32.8. The number of rotatable bonds is 4. The Labute approximate surface area is 272 Å². The lowest BCUT2D eigenvalue weighted by Gasteiger charge is -2.39. The van der Waals surface area contributed by atoms with Gasteiger partial charge < -0.3 is 25.0 Å². The Bertz CT molecular complexity index is 1870. The fourth-order valence-electron chi connectivity index (χ4n) is 5.56. The number of aromatic nitrogens is 1. The molecule has 7 rings (SSSR count). The van der Waals surface area contributed by atoms with Crippen LogP contribution in [0.25, 0.3) is 11.1 Å². The van der Waals surface area contributed by atoms with Gasteiger partial charge in [0.1, 0.15) is 17.6 Å². The molecular formula is C35H34N4O7S. The highest BCUT2D eigenvalue weighted by atomic mass is 32.2. The van der Waals surface area contributed by atoms with Gasteiger partial charge in [-0.1, -0.05) is 42.5 Å². The Balaban J connectivity index is 1.24. The highest BCUT2D eigenvalue weighted by Gasteiger charge is 2.35. The average molecular weight is 655 g/mol. The van der Waals surface area contributed by atoms with Gasteiger partial charge in [-0.25, -0.2) is 8.42 Å². The summed E-state index contributed by atoms with van der Waals surface area (Å²) in [5, 5.41) is 5.90. The summed E-state index contributed by atoms with van der Waals surface area (Å²) in [5.74, 6) is -0.241. The van der Waals surface area contributed by atoms with Crippen LogP contribution in [0.3, 0.4) is 0 Å². The molecule has 1 fully saturated rings. The largest absolute Gasteiger partial charge is 0.488 e. The van der Waals surface area contributed by atoms with E-state index in [0.717, 1.165) is 11.1 Å². The summed E-state index contributed by atoms with van der Waals surface area (Å²) >= 11 is 0. The van der Waals surface area contributed by atoms with Crippen molar-refractivity contribution < 1.29 is 32.3 Å². The van der Waals surface area contributed by atoms with Gasteiger partial charge in [0, 0.05) is 50.4 Å². The number of likely N-dealkylation sites (tertiary alicyclic amines) is 1. The molecule has 4 aromatic rings. The van der Waals surface area contributed by atoms with Gasteiger partial charge >= 0.3 is 0 Å². The van der Waals surface area contributed by atoms with Gasteiger partial charge in [-0.05, 0) is 53.6 Å². The Hall–Kier alpha value is -5.23. The summed E-state index contributed by atoms with van der Waals surface area (Å²) < 4.78 is 37.7. The molecule has 3 aliphatic rings. The molecule has 0 saturated carbocycles. The number of hydrogen-bond donors (Lipinski definition) is 2. The second kappa shape index (κ2) is 14.0. The van der Waals surface area contributed by atoms with Crippen molar-refractivity contribution in [3.05, 3.63) is 108 Å². The molecule has 0 aliphatic carbocycles. The minimum absolute atomic E-state index is 0.136. The van der Waals surface area contributed by atoms with E-state index >= 15 is 0 Å². The van der Waals surface area contributed by atoms with Crippen LogP contribution in [0, 0.1) is 0 Å². The molecule has 1 saturated heterocycles. The molecule has 11 nitrogen and oxygen atoms in total. The maximum atomic E-state index is 13.6. The number of nitrogens with one attached hydrogen (secondary N) is 2. The van der Waals surface area contributed by atoms with Crippen molar-refractivity contribution in [1.29, 1.82) is 0 Å². The van der Waals surface area contributed by atoms with Gasteiger partial charge in [-0.2, -0.15) is 0 Å². The number of fused-ring (bicyclic) bond motifs is 7. The van der Waals surface area contributed by atoms with E-state index in [1.165, 1.54) is 18.3 Å². The third kappa shape index (κ3) is 7.95. The normalized spacial score (nSPS) is 18.5. The highest BCUT2D eigenvalue weighted by molar-refractivity contribution is 7.91. The fraction of sp³-hybridized carbons (Fsp3) is 0.257. The molecular weight excluding hydrogens is 620 g/mol. The Morgan fingerprint density at radius 1 is 0.894 bits per heavy atom. The van der Waals surface area contributed by atoms with Gasteiger partial charge in [0.05, 0.1) is 22.3 Å². The summed E-state index contributed by atoms with van der Waals surface area (Å²) in [5.41, 5.74) is 2.60. The number of amides is 3. The third-order valence-electron chi connectivity index (χ3n) is 8.14. The second-order valence-electron chi connectivity index (χ2n) is 11.4. The summed E-state index contributed by atoms with van der Waals surface area (Å²) in [7, 11) is -3.63. The van der Waals surface area contributed by atoms with Crippen LogP contribution in [0.5, 0.6) is 11.5 Å². The highest BCUT2D eigenvalue weighted by Crippen LogP contribution is 2.25. The van der Waals surface area contributed by atoms with Crippen molar-refractivity contribution in [1.82, 2.24) is 20.5 Å².